The minimum absolute atomic E-state index is 0.0469. The Morgan fingerprint density at radius 3 is 2.59 bits per heavy atom. The van der Waals surface area contributed by atoms with Gasteiger partial charge >= 0.3 is 0 Å². The van der Waals surface area contributed by atoms with Crippen molar-refractivity contribution in [2.75, 3.05) is 33.2 Å². The Bertz CT molecular complexity index is 698. The average Bonchev–Trinajstić information content (AvgIpc) is 2.99. The predicted molar refractivity (Wildman–Crippen MR) is 112 cm³/mol. The van der Waals surface area contributed by atoms with E-state index in [4.69, 9.17) is 4.99 Å². The molecule has 0 N–H and O–H groups in total. The maximum atomic E-state index is 12.8. The molecule has 0 aliphatic carbocycles. The van der Waals surface area contributed by atoms with Crippen molar-refractivity contribution in [3.05, 3.63) is 36.8 Å². The molecule has 1 fully saturated rings. The molecule has 2 aliphatic rings. The third kappa shape index (κ3) is 4.70. The van der Waals surface area contributed by atoms with Crippen LogP contribution in [0.3, 0.4) is 0 Å². The fraction of sp³-hybridized carbons (Fsp3) is 0.550. The normalized spacial score (nSPS) is 21.6. The Balaban J connectivity index is 2.14. The van der Waals surface area contributed by atoms with Crippen molar-refractivity contribution in [3.63, 3.8) is 0 Å². The van der Waals surface area contributed by atoms with Gasteiger partial charge in [0.2, 0.25) is 12.6 Å². The fourth-order valence-electron chi connectivity index (χ4n) is 3.40. The van der Waals surface area contributed by atoms with Gasteiger partial charge in [-0.15, -0.1) is 0 Å². The second-order valence-electron chi connectivity index (χ2n) is 7.86. The summed E-state index contributed by atoms with van der Waals surface area (Å²) in [6.07, 6.45) is 3.24. The number of rotatable bonds is 6. The van der Waals surface area contributed by atoms with Crippen molar-refractivity contribution in [2.45, 2.75) is 39.5 Å². The largest absolute Gasteiger partial charge is 0.374 e. The van der Waals surface area contributed by atoms with Gasteiger partial charge in [-0.2, -0.15) is 0 Å². The lowest BCUT2D eigenvalue weighted by Gasteiger charge is -2.40. The highest BCUT2D eigenvalue weighted by Gasteiger charge is 2.32. The number of amides is 1. The molecule has 2 aliphatic heterocycles. The van der Waals surface area contributed by atoms with E-state index < -0.39 is 0 Å². The summed E-state index contributed by atoms with van der Waals surface area (Å²) < 4.78 is 0. The Labute approximate surface area is 163 Å². The molecule has 27 heavy (non-hydrogen) atoms. The third-order valence-corrected chi connectivity index (χ3v) is 5.45. The number of carbonyl (C=O) groups excluding carboxylic acids is 2. The van der Waals surface area contributed by atoms with Gasteiger partial charge in [-0.3, -0.25) is 4.79 Å². The monoisotopic (exact) mass is 370 g/mol. The standard InChI is InChI=1S/C20H31BN4O2/c1-8-19(26)24-9-10-25(15(4)11-24)16(5)22-18-13-23(7)12-17(18)20(27)21(6)14(2)3/h8,12,14-15H,1,5,9-11,13H2,2-4,6-7H3/b22-18+. The first kappa shape index (κ1) is 21.0. The highest BCUT2D eigenvalue weighted by molar-refractivity contribution is 6.94. The van der Waals surface area contributed by atoms with Gasteiger partial charge in [0.05, 0.1) is 12.3 Å². The zero-order valence-corrected chi connectivity index (χ0v) is 17.2. The van der Waals surface area contributed by atoms with Crippen LogP contribution in [0.15, 0.2) is 41.8 Å². The second-order valence-corrected chi connectivity index (χ2v) is 7.86. The minimum atomic E-state index is -0.0476. The lowest BCUT2D eigenvalue weighted by atomic mass is 9.40. The molecule has 0 radical (unpaired) electrons. The van der Waals surface area contributed by atoms with Crippen molar-refractivity contribution in [1.29, 1.82) is 0 Å². The van der Waals surface area contributed by atoms with Crippen LogP contribution in [0.2, 0.25) is 12.6 Å². The maximum absolute atomic E-state index is 12.8. The van der Waals surface area contributed by atoms with E-state index in [1.54, 1.807) is 4.90 Å². The fourth-order valence-corrected chi connectivity index (χ4v) is 3.40. The zero-order valence-electron chi connectivity index (χ0n) is 17.2. The molecule has 2 heterocycles. The molecule has 0 saturated carbocycles. The number of carbonyl (C=O) groups is 2. The van der Waals surface area contributed by atoms with E-state index in [0.29, 0.717) is 37.6 Å². The van der Waals surface area contributed by atoms with E-state index in [0.717, 1.165) is 5.71 Å². The number of hydrogen-bond donors (Lipinski definition) is 0. The molecule has 0 spiro atoms. The van der Waals surface area contributed by atoms with Crippen molar-refractivity contribution in [3.8, 4) is 0 Å². The van der Waals surface area contributed by atoms with E-state index in [1.165, 1.54) is 6.08 Å². The quantitative estimate of drug-likeness (QED) is 0.531. The topological polar surface area (TPSA) is 56.2 Å². The van der Waals surface area contributed by atoms with Crippen LogP contribution < -0.4 is 0 Å². The maximum Gasteiger partial charge on any atom is 0.246 e. The SMILES string of the molecule is C=CC(=O)N1CCN(C(=C)/N=C2\CN(C)C=C2C(=O)B(C)C(C)C)C(C)C1. The highest BCUT2D eigenvalue weighted by Crippen LogP contribution is 2.21. The summed E-state index contributed by atoms with van der Waals surface area (Å²) in [5.74, 6) is 0.882. The van der Waals surface area contributed by atoms with Crippen molar-refractivity contribution in [2.24, 2.45) is 4.99 Å². The number of hydrogen-bond acceptors (Lipinski definition) is 5. The van der Waals surface area contributed by atoms with E-state index in [-0.39, 0.29) is 30.2 Å². The van der Waals surface area contributed by atoms with Crippen molar-refractivity contribution >= 4 is 24.0 Å². The molecular weight excluding hydrogens is 339 g/mol. The lowest BCUT2D eigenvalue weighted by Crippen LogP contribution is -2.52. The summed E-state index contributed by atoms with van der Waals surface area (Å²) in [6.45, 7) is 18.3. The summed E-state index contributed by atoms with van der Waals surface area (Å²) in [6, 6.07) is 0.108. The zero-order chi connectivity index (χ0) is 20.3. The molecule has 1 saturated heterocycles. The molecule has 0 aromatic carbocycles. The first-order valence-corrected chi connectivity index (χ1v) is 9.56. The van der Waals surface area contributed by atoms with Crippen LogP contribution in [0.25, 0.3) is 0 Å². The molecule has 7 heteroatoms. The number of aliphatic imine (C=N–C) groups is 1. The summed E-state index contributed by atoms with van der Waals surface area (Å²) in [5, 5.41) is 0. The van der Waals surface area contributed by atoms with Crippen LogP contribution in [-0.2, 0) is 9.59 Å². The summed E-state index contributed by atoms with van der Waals surface area (Å²) in [4.78, 5) is 35.3. The van der Waals surface area contributed by atoms with E-state index in [1.807, 2.05) is 25.0 Å². The third-order valence-electron chi connectivity index (χ3n) is 5.45. The molecule has 2 rings (SSSR count). The Hall–Kier alpha value is -2.31. The Morgan fingerprint density at radius 2 is 2.04 bits per heavy atom. The molecule has 1 unspecified atom stereocenters. The first-order chi connectivity index (χ1) is 12.6. The Morgan fingerprint density at radius 1 is 1.37 bits per heavy atom. The number of nitrogens with zero attached hydrogens (tertiary/aromatic N) is 4. The van der Waals surface area contributed by atoms with Crippen LogP contribution in [0.5, 0.6) is 0 Å². The molecule has 146 valence electrons. The van der Waals surface area contributed by atoms with Gasteiger partial charge in [0, 0.05) is 44.5 Å². The minimum Gasteiger partial charge on any atom is -0.374 e. The summed E-state index contributed by atoms with van der Waals surface area (Å²) in [5.41, 5.74) is 1.60. The second kappa shape index (κ2) is 8.59. The van der Waals surface area contributed by atoms with Gasteiger partial charge in [-0.05, 0) is 13.0 Å². The molecule has 6 nitrogen and oxygen atoms in total. The highest BCUT2D eigenvalue weighted by atomic mass is 16.2. The molecule has 1 atom stereocenters. The van der Waals surface area contributed by atoms with Crippen LogP contribution in [-0.4, -0.2) is 78.0 Å². The summed E-state index contributed by atoms with van der Waals surface area (Å²) in [7, 11) is 1.95. The van der Waals surface area contributed by atoms with Crippen LogP contribution >= 0.6 is 0 Å². The van der Waals surface area contributed by atoms with Gasteiger partial charge in [0.25, 0.3) is 0 Å². The molecule has 0 aromatic rings. The van der Waals surface area contributed by atoms with Crippen molar-refractivity contribution in [1.82, 2.24) is 14.7 Å². The molecular formula is C20H31BN4O2. The van der Waals surface area contributed by atoms with Gasteiger partial charge in [0.1, 0.15) is 11.5 Å². The van der Waals surface area contributed by atoms with E-state index >= 15 is 0 Å². The van der Waals surface area contributed by atoms with Crippen LogP contribution in [0.4, 0.5) is 0 Å². The first-order valence-electron chi connectivity index (χ1n) is 9.56. The van der Waals surface area contributed by atoms with E-state index in [2.05, 4.69) is 38.8 Å². The van der Waals surface area contributed by atoms with E-state index in [9.17, 15) is 9.59 Å². The summed E-state index contributed by atoms with van der Waals surface area (Å²) >= 11 is 0. The van der Waals surface area contributed by atoms with Crippen LogP contribution in [0, 0.1) is 0 Å². The van der Waals surface area contributed by atoms with Gasteiger partial charge < -0.3 is 19.5 Å². The number of piperazine rings is 1. The molecule has 0 bridgehead atoms. The molecule has 0 aromatic heterocycles. The average molecular weight is 370 g/mol. The van der Waals surface area contributed by atoms with Crippen LogP contribution in [0.1, 0.15) is 20.8 Å². The van der Waals surface area contributed by atoms with Gasteiger partial charge in [0.15, 0.2) is 0 Å². The van der Waals surface area contributed by atoms with Gasteiger partial charge in [-0.25, -0.2) is 4.99 Å². The lowest BCUT2D eigenvalue weighted by molar-refractivity contribution is -0.128. The smallest absolute Gasteiger partial charge is 0.246 e. The van der Waals surface area contributed by atoms with Gasteiger partial charge in [-0.1, -0.05) is 39.6 Å². The predicted octanol–water partition coefficient (Wildman–Crippen LogP) is 2.09. The van der Waals surface area contributed by atoms with Crippen molar-refractivity contribution < 1.29 is 9.59 Å². The Kier molecular flexibility index (Phi) is 6.68. The molecule has 1 amide bonds.